The number of hydrogen-bond donors (Lipinski definition) is 1. The van der Waals surface area contributed by atoms with Crippen molar-refractivity contribution in [1.29, 1.82) is 0 Å². The molecular formula is C21H25NO5. The third-order valence-electron chi connectivity index (χ3n) is 3.92. The first-order chi connectivity index (χ1) is 13.0. The molecule has 1 unspecified atom stereocenters. The zero-order chi connectivity index (χ0) is 19.6. The molecular weight excluding hydrogens is 346 g/mol. The van der Waals surface area contributed by atoms with Gasteiger partial charge in [0.1, 0.15) is 11.5 Å². The van der Waals surface area contributed by atoms with Crippen LogP contribution in [-0.2, 0) is 14.3 Å². The summed E-state index contributed by atoms with van der Waals surface area (Å²) in [5, 5.41) is 2.84. The number of aryl methyl sites for hydroxylation is 1. The summed E-state index contributed by atoms with van der Waals surface area (Å²) in [6, 6.07) is 14.1. The monoisotopic (exact) mass is 371 g/mol. The summed E-state index contributed by atoms with van der Waals surface area (Å²) < 4.78 is 15.7. The Morgan fingerprint density at radius 1 is 1.00 bits per heavy atom. The number of benzene rings is 2. The van der Waals surface area contributed by atoms with Crippen LogP contribution in [-0.4, -0.2) is 32.2 Å². The smallest absolute Gasteiger partial charge is 0.308 e. The molecule has 0 heterocycles. The minimum atomic E-state index is -0.510. The average Bonchev–Trinajstić information content (AvgIpc) is 2.67. The first kappa shape index (κ1) is 20.3. The average molecular weight is 371 g/mol. The fourth-order valence-electron chi connectivity index (χ4n) is 2.49. The molecule has 0 saturated heterocycles. The molecule has 0 fully saturated rings. The second-order valence-electron chi connectivity index (χ2n) is 6.00. The second kappa shape index (κ2) is 10.2. The summed E-state index contributed by atoms with van der Waals surface area (Å²) in [6.45, 7) is 3.87. The highest BCUT2D eigenvalue weighted by atomic mass is 16.5. The third kappa shape index (κ3) is 6.66. The lowest BCUT2D eigenvalue weighted by Gasteiger charge is -2.19. The third-order valence-corrected chi connectivity index (χ3v) is 3.92. The number of amides is 1. The van der Waals surface area contributed by atoms with Crippen LogP contribution >= 0.6 is 0 Å². The van der Waals surface area contributed by atoms with Gasteiger partial charge in [0.15, 0.2) is 6.61 Å². The van der Waals surface area contributed by atoms with Crippen LogP contribution in [0.2, 0.25) is 0 Å². The van der Waals surface area contributed by atoms with Gasteiger partial charge in [-0.15, -0.1) is 0 Å². The quantitative estimate of drug-likeness (QED) is 0.685. The second-order valence-corrected chi connectivity index (χ2v) is 6.00. The largest absolute Gasteiger partial charge is 0.497 e. The van der Waals surface area contributed by atoms with Crippen molar-refractivity contribution in [3.8, 4) is 11.5 Å². The Morgan fingerprint density at radius 2 is 1.63 bits per heavy atom. The van der Waals surface area contributed by atoms with Crippen LogP contribution in [0.1, 0.15) is 30.5 Å². The van der Waals surface area contributed by atoms with E-state index in [0.29, 0.717) is 18.1 Å². The lowest BCUT2D eigenvalue weighted by atomic mass is 10.0. The highest BCUT2D eigenvalue weighted by molar-refractivity contribution is 5.79. The first-order valence-corrected chi connectivity index (χ1v) is 8.80. The summed E-state index contributed by atoms with van der Waals surface area (Å²) in [7, 11) is 1.58. The van der Waals surface area contributed by atoms with Crippen molar-refractivity contribution in [2.45, 2.75) is 26.3 Å². The van der Waals surface area contributed by atoms with E-state index in [4.69, 9.17) is 14.2 Å². The predicted molar refractivity (Wildman–Crippen MR) is 102 cm³/mol. The van der Waals surface area contributed by atoms with Crippen LogP contribution in [0.5, 0.6) is 11.5 Å². The number of nitrogens with one attached hydrogen (secondary N) is 1. The molecule has 2 aromatic rings. The molecule has 0 aromatic heterocycles. The number of methoxy groups -OCH3 is 1. The number of ether oxygens (including phenoxy) is 3. The van der Waals surface area contributed by atoms with Gasteiger partial charge >= 0.3 is 5.97 Å². The van der Waals surface area contributed by atoms with Crippen molar-refractivity contribution in [2.24, 2.45) is 0 Å². The summed E-state index contributed by atoms with van der Waals surface area (Å²) in [4.78, 5) is 24.2. The maximum atomic E-state index is 12.3. The minimum Gasteiger partial charge on any atom is -0.497 e. The van der Waals surface area contributed by atoms with Crippen molar-refractivity contribution in [2.75, 3.05) is 20.3 Å². The van der Waals surface area contributed by atoms with E-state index >= 15 is 0 Å². The molecule has 1 amide bonds. The maximum absolute atomic E-state index is 12.3. The lowest BCUT2D eigenvalue weighted by molar-refractivity contribution is -0.143. The van der Waals surface area contributed by atoms with E-state index in [-0.39, 0.29) is 24.9 Å². The van der Waals surface area contributed by atoms with Gasteiger partial charge in [0.05, 0.1) is 26.2 Å². The van der Waals surface area contributed by atoms with E-state index in [1.165, 1.54) is 0 Å². The van der Waals surface area contributed by atoms with E-state index in [1.807, 2.05) is 43.3 Å². The molecule has 0 saturated carbocycles. The molecule has 0 bridgehead atoms. The van der Waals surface area contributed by atoms with Crippen LogP contribution in [0.25, 0.3) is 0 Å². The Balaban J connectivity index is 2.01. The Bertz CT molecular complexity index is 740. The minimum absolute atomic E-state index is 0.0381. The van der Waals surface area contributed by atoms with Gasteiger partial charge in [-0.3, -0.25) is 9.59 Å². The van der Waals surface area contributed by atoms with Gasteiger partial charge in [0, 0.05) is 0 Å². The standard InChI is InChI=1S/C21H25NO5/c1-4-26-21(24)13-19(16-7-11-17(25-3)12-8-16)22-20(23)14-27-18-9-5-15(2)6-10-18/h5-12,19H,4,13-14H2,1-3H3,(H,22,23). The fraction of sp³-hybridized carbons (Fsp3) is 0.333. The SMILES string of the molecule is CCOC(=O)CC(NC(=O)COc1ccc(C)cc1)c1ccc(OC)cc1. The molecule has 2 rings (SSSR count). The van der Waals surface area contributed by atoms with Crippen molar-refractivity contribution in [3.63, 3.8) is 0 Å². The highest BCUT2D eigenvalue weighted by Crippen LogP contribution is 2.21. The number of esters is 1. The lowest BCUT2D eigenvalue weighted by Crippen LogP contribution is -2.34. The van der Waals surface area contributed by atoms with E-state index in [9.17, 15) is 9.59 Å². The maximum Gasteiger partial charge on any atom is 0.308 e. The number of carbonyl (C=O) groups excluding carboxylic acids is 2. The molecule has 0 aliphatic heterocycles. The van der Waals surface area contributed by atoms with Crippen LogP contribution in [0.15, 0.2) is 48.5 Å². The van der Waals surface area contributed by atoms with Gasteiger partial charge in [-0.25, -0.2) is 0 Å². The van der Waals surface area contributed by atoms with E-state index < -0.39 is 6.04 Å². The molecule has 2 aromatic carbocycles. The van der Waals surface area contributed by atoms with E-state index in [0.717, 1.165) is 11.1 Å². The van der Waals surface area contributed by atoms with Gasteiger partial charge in [0.25, 0.3) is 5.91 Å². The van der Waals surface area contributed by atoms with Crippen molar-refractivity contribution < 1.29 is 23.8 Å². The Kier molecular flexibility index (Phi) is 7.67. The van der Waals surface area contributed by atoms with Crippen LogP contribution < -0.4 is 14.8 Å². The van der Waals surface area contributed by atoms with Crippen LogP contribution in [0.4, 0.5) is 0 Å². The summed E-state index contributed by atoms with van der Waals surface area (Å²) in [5.41, 5.74) is 1.90. The molecule has 0 aliphatic rings. The van der Waals surface area contributed by atoms with Crippen LogP contribution in [0.3, 0.4) is 0 Å². The molecule has 1 atom stereocenters. The molecule has 6 heteroatoms. The number of hydrogen-bond acceptors (Lipinski definition) is 5. The predicted octanol–water partition coefficient (Wildman–Crippen LogP) is 3.19. The topological polar surface area (TPSA) is 73.9 Å². The molecule has 1 N–H and O–H groups in total. The van der Waals surface area contributed by atoms with Crippen molar-refractivity contribution in [1.82, 2.24) is 5.32 Å². The fourth-order valence-corrected chi connectivity index (χ4v) is 2.49. The Hall–Kier alpha value is -3.02. The normalized spacial score (nSPS) is 11.4. The highest BCUT2D eigenvalue weighted by Gasteiger charge is 2.19. The Labute approximate surface area is 159 Å². The zero-order valence-electron chi connectivity index (χ0n) is 15.9. The summed E-state index contributed by atoms with van der Waals surface area (Å²) in [6.07, 6.45) is 0.0381. The molecule has 27 heavy (non-hydrogen) atoms. The van der Waals surface area contributed by atoms with Gasteiger partial charge in [0.2, 0.25) is 0 Å². The zero-order valence-corrected chi connectivity index (χ0v) is 15.9. The van der Waals surface area contributed by atoms with Crippen LogP contribution in [0, 0.1) is 6.92 Å². The molecule has 0 aliphatic carbocycles. The summed E-state index contributed by atoms with van der Waals surface area (Å²) in [5.74, 6) is 0.614. The summed E-state index contributed by atoms with van der Waals surface area (Å²) >= 11 is 0. The van der Waals surface area contributed by atoms with E-state index in [2.05, 4.69) is 5.32 Å². The van der Waals surface area contributed by atoms with E-state index in [1.54, 1.807) is 26.2 Å². The van der Waals surface area contributed by atoms with Gasteiger partial charge < -0.3 is 19.5 Å². The first-order valence-electron chi connectivity index (χ1n) is 8.80. The molecule has 0 spiro atoms. The van der Waals surface area contributed by atoms with Gasteiger partial charge in [-0.2, -0.15) is 0 Å². The number of rotatable bonds is 9. The van der Waals surface area contributed by atoms with Gasteiger partial charge in [-0.1, -0.05) is 29.8 Å². The molecule has 144 valence electrons. The van der Waals surface area contributed by atoms with Crippen molar-refractivity contribution >= 4 is 11.9 Å². The van der Waals surface area contributed by atoms with Gasteiger partial charge in [-0.05, 0) is 43.7 Å². The molecule has 0 radical (unpaired) electrons. The Morgan fingerprint density at radius 3 is 2.22 bits per heavy atom. The van der Waals surface area contributed by atoms with Crippen molar-refractivity contribution in [3.05, 3.63) is 59.7 Å². The molecule has 6 nitrogen and oxygen atoms in total. The number of carbonyl (C=O) groups is 2.